The molecular formula is C21H22ClFN4O3S. The molecule has 10 heteroatoms. The molecule has 0 fully saturated rings. The Morgan fingerprint density at radius 2 is 1.90 bits per heavy atom. The van der Waals surface area contributed by atoms with E-state index in [0.29, 0.717) is 10.6 Å². The van der Waals surface area contributed by atoms with Crippen LogP contribution in [0.15, 0.2) is 59.8 Å². The second kappa shape index (κ2) is 9.07. The summed E-state index contributed by atoms with van der Waals surface area (Å²) >= 11 is 5.94. The van der Waals surface area contributed by atoms with Gasteiger partial charge in [-0.15, -0.1) is 0 Å². The molecule has 7 nitrogen and oxygen atoms in total. The Morgan fingerprint density at radius 3 is 2.48 bits per heavy atom. The summed E-state index contributed by atoms with van der Waals surface area (Å²) in [7, 11) is -2.45. The van der Waals surface area contributed by atoms with E-state index in [1.807, 2.05) is 0 Å². The van der Waals surface area contributed by atoms with Crippen molar-refractivity contribution in [3.8, 4) is 0 Å². The van der Waals surface area contributed by atoms with Crippen molar-refractivity contribution in [2.24, 2.45) is 7.05 Å². The molecule has 0 aliphatic rings. The molecule has 1 amide bonds. The number of nitrogens with zero attached hydrogens (tertiary/aromatic N) is 3. The average Bonchev–Trinajstić information content (AvgIpc) is 3.14. The van der Waals surface area contributed by atoms with Gasteiger partial charge in [0.1, 0.15) is 10.7 Å². The van der Waals surface area contributed by atoms with Crippen molar-refractivity contribution in [1.29, 1.82) is 0 Å². The second-order valence-electron chi connectivity index (χ2n) is 7.28. The fourth-order valence-electron chi connectivity index (χ4n) is 2.91. The molecule has 0 bridgehead atoms. The Bertz CT molecular complexity index is 1190. The van der Waals surface area contributed by atoms with E-state index in [0.717, 1.165) is 10.4 Å². The number of anilines is 1. The van der Waals surface area contributed by atoms with E-state index < -0.39 is 21.7 Å². The van der Waals surface area contributed by atoms with Crippen LogP contribution in [0.5, 0.6) is 0 Å². The zero-order chi connectivity index (χ0) is 22.8. The topological polar surface area (TPSA) is 84.3 Å². The second-order valence-corrected chi connectivity index (χ2v) is 9.58. The highest BCUT2D eigenvalue weighted by atomic mass is 35.5. The zero-order valence-electron chi connectivity index (χ0n) is 17.2. The largest absolute Gasteiger partial charge is 0.350 e. The maximum atomic E-state index is 14.4. The SMILES string of the molecule is CC(C)NC(=O)c1cc(N(Cc2ccc(Cl)cc2)S(=O)(=O)c2cnn(C)c2)ccc1F. The fourth-order valence-corrected chi connectivity index (χ4v) is 4.47. The lowest BCUT2D eigenvalue weighted by Gasteiger charge is -2.25. The number of aromatic nitrogens is 2. The normalized spacial score (nSPS) is 11.5. The predicted octanol–water partition coefficient (Wildman–Crippen LogP) is 3.75. The molecule has 2 aromatic carbocycles. The van der Waals surface area contributed by atoms with Crippen LogP contribution in [-0.2, 0) is 23.6 Å². The third kappa shape index (κ3) is 5.23. The van der Waals surface area contributed by atoms with Gasteiger partial charge in [-0.25, -0.2) is 12.8 Å². The summed E-state index contributed by atoms with van der Waals surface area (Å²) in [5.41, 5.74) is 0.567. The van der Waals surface area contributed by atoms with Gasteiger partial charge in [-0.3, -0.25) is 13.8 Å². The molecule has 1 N–H and O–H groups in total. The number of nitrogens with one attached hydrogen (secondary N) is 1. The van der Waals surface area contributed by atoms with Crippen molar-refractivity contribution in [3.63, 3.8) is 0 Å². The Balaban J connectivity index is 2.10. The van der Waals surface area contributed by atoms with Gasteiger partial charge in [-0.05, 0) is 49.7 Å². The molecular weight excluding hydrogens is 443 g/mol. The molecule has 0 aliphatic heterocycles. The number of hydrogen-bond donors (Lipinski definition) is 1. The lowest BCUT2D eigenvalue weighted by atomic mass is 10.1. The number of halogens is 2. The Morgan fingerprint density at radius 1 is 1.23 bits per heavy atom. The number of carbonyl (C=O) groups is 1. The van der Waals surface area contributed by atoms with Crippen LogP contribution in [0.25, 0.3) is 0 Å². The number of sulfonamides is 1. The molecule has 0 atom stereocenters. The number of aryl methyl sites for hydroxylation is 1. The van der Waals surface area contributed by atoms with E-state index in [1.165, 1.54) is 29.2 Å². The first kappa shape index (κ1) is 22.8. The molecule has 1 heterocycles. The Kier molecular flexibility index (Phi) is 6.66. The zero-order valence-corrected chi connectivity index (χ0v) is 18.8. The summed E-state index contributed by atoms with van der Waals surface area (Å²) in [6, 6.07) is 10.1. The van der Waals surface area contributed by atoms with Gasteiger partial charge in [0.15, 0.2) is 0 Å². The summed E-state index contributed by atoms with van der Waals surface area (Å²) in [6.07, 6.45) is 2.61. The molecule has 164 valence electrons. The van der Waals surface area contributed by atoms with Crippen LogP contribution in [-0.4, -0.2) is 30.1 Å². The van der Waals surface area contributed by atoms with E-state index >= 15 is 0 Å². The maximum absolute atomic E-state index is 14.4. The van der Waals surface area contributed by atoms with Crippen LogP contribution >= 0.6 is 11.6 Å². The van der Waals surface area contributed by atoms with Crippen molar-refractivity contribution < 1.29 is 17.6 Å². The third-order valence-corrected chi connectivity index (χ3v) is 6.39. The minimum absolute atomic E-state index is 0.0264. The predicted molar refractivity (Wildman–Crippen MR) is 117 cm³/mol. The molecule has 3 rings (SSSR count). The number of carbonyl (C=O) groups excluding carboxylic acids is 1. The van der Waals surface area contributed by atoms with Crippen molar-refractivity contribution >= 4 is 33.2 Å². The minimum Gasteiger partial charge on any atom is -0.350 e. The van der Waals surface area contributed by atoms with E-state index in [9.17, 15) is 17.6 Å². The van der Waals surface area contributed by atoms with E-state index in [1.54, 1.807) is 45.2 Å². The quantitative estimate of drug-likeness (QED) is 0.577. The van der Waals surface area contributed by atoms with Crippen LogP contribution in [0.1, 0.15) is 29.8 Å². The lowest BCUT2D eigenvalue weighted by molar-refractivity contribution is 0.0939. The first-order valence-electron chi connectivity index (χ1n) is 9.44. The summed E-state index contributed by atoms with van der Waals surface area (Å²) in [5, 5.41) is 7.07. The molecule has 0 saturated carbocycles. The maximum Gasteiger partial charge on any atom is 0.267 e. The van der Waals surface area contributed by atoms with Crippen LogP contribution in [0, 0.1) is 5.82 Å². The van der Waals surface area contributed by atoms with Crippen LogP contribution in [0.3, 0.4) is 0 Å². The monoisotopic (exact) mass is 464 g/mol. The molecule has 3 aromatic rings. The molecule has 0 saturated heterocycles. The van der Waals surface area contributed by atoms with Gasteiger partial charge < -0.3 is 5.32 Å². The summed E-state index contributed by atoms with van der Waals surface area (Å²) < 4.78 is 43.7. The van der Waals surface area contributed by atoms with Crippen molar-refractivity contribution in [1.82, 2.24) is 15.1 Å². The smallest absolute Gasteiger partial charge is 0.267 e. The molecule has 1 aromatic heterocycles. The fraction of sp³-hybridized carbons (Fsp3) is 0.238. The highest BCUT2D eigenvalue weighted by molar-refractivity contribution is 7.92. The Labute approximate surface area is 185 Å². The first-order valence-corrected chi connectivity index (χ1v) is 11.3. The van der Waals surface area contributed by atoms with Crippen molar-refractivity contribution in [2.75, 3.05) is 4.31 Å². The van der Waals surface area contributed by atoms with E-state index in [-0.39, 0.29) is 28.7 Å². The molecule has 0 spiro atoms. The standard InChI is InChI=1S/C21H22ClFN4O3S/c1-14(2)25-21(28)19-10-17(8-9-20(19)23)27(12-15-4-6-16(22)7-5-15)31(29,30)18-11-24-26(3)13-18/h4-11,13-14H,12H2,1-3H3,(H,25,28). The highest BCUT2D eigenvalue weighted by Crippen LogP contribution is 2.28. The molecule has 0 aliphatic carbocycles. The van der Waals surface area contributed by atoms with Crippen LogP contribution in [0.2, 0.25) is 5.02 Å². The van der Waals surface area contributed by atoms with E-state index in [2.05, 4.69) is 10.4 Å². The van der Waals surface area contributed by atoms with Gasteiger partial charge in [-0.2, -0.15) is 5.10 Å². The number of amides is 1. The number of hydrogen-bond acceptors (Lipinski definition) is 4. The lowest BCUT2D eigenvalue weighted by Crippen LogP contribution is -2.32. The minimum atomic E-state index is -4.06. The van der Waals surface area contributed by atoms with Crippen molar-refractivity contribution in [2.45, 2.75) is 31.3 Å². The highest BCUT2D eigenvalue weighted by Gasteiger charge is 2.28. The summed E-state index contributed by atoms with van der Waals surface area (Å²) in [4.78, 5) is 12.4. The first-order chi connectivity index (χ1) is 14.6. The van der Waals surface area contributed by atoms with Gasteiger partial charge >= 0.3 is 0 Å². The van der Waals surface area contributed by atoms with Gasteiger partial charge in [0.25, 0.3) is 15.9 Å². The molecule has 0 radical (unpaired) electrons. The van der Waals surface area contributed by atoms with Crippen molar-refractivity contribution in [3.05, 3.63) is 76.8 Å². The average molecular weight is 465 g/mol. The van der Waals surface area contributed by atoms with Gasteiger partial charge in [0.05, 0.1) is 24.0 Å². The molecule has 31 heavy (non-hydrogen) atoms. The third-order valence-electron chi connectivity index (χ3n) is 4.41. The summed E-state index contributed by atoms with van der Waals surface area (Å²) in [6.45, 7) is 3.45. The van der Waals surface area contributed by atoms with Gasteiger partial charge in [0, 0.05) is 24.3 Å². The number of benzene rings is 2. The molecule has 0 unspecified atom stereocenters. The summed E-state index contributed by atoms with van der Waals surface area (Å²) in [5.74, 6) is -1.37. The van der Waals surface area contributed by atoms with E-state index in [4.69, 9.17) is 11.6 Å². The van der Waals surface area contributed by atoms with Gasteiger partial charge in [0.2, 0.25) is 0 Å². The van der Waals surface area contributed by atoms with Gasteiger partial charge in [-0.1, -0.05) is 23.7 Å². The van der Waals surface area contributed by atoms with Crippen LogP contribution < -0.4 is 9.62 Å². The number of rotatable bonds is 7. The Hall–Kier alpha value is -2.91. The van der Waals surface area contributed by atoms with Crippen LogP contribution in [0.4, 0.5) is 10.1 Å².